The summed E-state index contributed by atoms with van der Waals surface area (Å²) in [6.07, 6.45) is 1.70. The predicted molar refractivity (Wildman–Crippen MR) is 94.1 cm³/mol. The van der Waals surface area contributed by atoms with Crippen LogP contribution in [0.1, 0.15) is 40.6 Å². The molecule has 1 amide bonds. The number of carbonyl (C=O) groups is 2. The lowest BCUT2D eigenvalue weighted by Crippen LogP contribution is -2.26. The minimum Gasteiger partial charge on any atom is -0.465 e. The van der Waals surface area contributed by atoms with Gasteiger partial charge in [-0.2, -0.15) is 5.10 Å². The number of hydrogen-bond acceptors (Lipinski definition) is 5. The third-order valence-electron chi connectivity index (χ3n) is 3.45. The second-order valence-corrected chi connectivity index (χ2v) is 5.68. The van der Waals surface area contributed by atoms with E-state index in [2.05, 4.69) is 15.2 Å². The summed E-state index contributed by atoms with van der Waals surface area (Å²) in [5.41, 5.74) is 0.348. The summed E-state index contributed by atoms with van der Waals surface area (Å²) < 4.78 is 5.91. The number of carbonyl (C=O) groups excluding carboxylic acids is 2. The third kappa shape index (κ3) is 4.67. The van der Waals surface area contributed by atoms with Crippen LogP contribution in [0.15, 0.2) is 35.1 Å². The molecule has 2 rings (SSSR count). The molecule has 1 aromatic carbocycles. The lowest BCUT2D eigenvalue weighted by atomic mass is 10.2. The fourth-order valence-corrected chi connectivity index (χ4v) is 2.30. The molecular weight excluding hydrogens is 346 g/mol. The molecule has 7 nitrogen and oxygen atoms in total. The molecule has 0 aliphatic rings. The Hall–Kier alpha value is -2.67. The van der Waals surface area contributed by atoms with Crippen LogP contribution in [-0.2, 0) is 11.3 Å². The minimum atomic E-state index is -0.604. The van der Waals surface area contributed by atoms with Crippen molar-refractivity contribution < 1.29 is 14.3 Å². The van der Waals surface area contributed by atoms with Gasteiger partial charge in [0.2, 0.25) is 0 Å². The average molecular weight is 364 g/mol. The van der Waals surface area contributed by atoms with E-state index in [1.807, 2.05) is 6.92 Å². The van der Waals surface area contributed by atoms with Crippen LogP contribution in [0, 0.1) is 0 Å². The van der Waals surface area contributed by atoms with E-state index in [-0.39, 0.29) is 21.8 Å². The molecule has 0 unspecified atom stereocenters. The molecule has 0 atom stereocenters. The van der Waals surface area contributed by atoms with Crippen molar-refractivity contribution in [1.82, 2.24) is 9.78 Å². The zero-order chi connectivity index (χ0) is 18.4. The van der Waals surface area contributed by atoms with Gasteiger partial charge in [-0.15, -0.1) is 0 Å². The number of nitrogens with zero attached hydrogens (tertiary/aromatic N) is 2. The Balaban J connectivity index is 2.22. The highest BCUT2D eigenvalue weighted by molar-refractivity contribution is 6.33. The van der Waals surface area contributed by atoms with Crippen LogP contribution < -0.4 is 10.9 Å². The maximum absolute atomic E-state index is 12.3. The van der Waals surface area contributed by atoms with Crippen LogP contribution in [0.25, 0.3) is 0 Å². The monoisotopic (exact) mass is 363 g/mol. The third-order valence-corrected chi connectivity index (χ3v) is 3.78. The van der Waals surface area contributed by atoms with E-state index in [0.29, 0.717) is 12.2 Å². The van der Waals surface area contributed by atoms with Crippen LogP contribution in [0.4, 0.5) is 5.69 Å². The maximum atomic E-state index is 12.3. The number of unbranched alkanes of at least 4 members (excludes halogenated alkanes) is 1. The van der Waals surface area contributed by atoms with Crippen molar-refractivity contribution in [1.29, 1.82) is 0 Å². The Kier molecular flexibility index (Phi) is 6.30. The number of ether oxygens (including phenoxy) is 1. The van der Waals surface area contributed by atoms with E-state index >= 15 is 0 Å². The molecule has 132 valence electrons. The van der Waals surface area contributed by atoms with E-state index < -0.39 is 11.9 Å². The number of benzene rings is 1. The van der Waals surface area contributed by atoms with Gasteiger partial charge in [-0.25, -0.2) is 9.48 Å². The molecule has 1 heterocycles. The first-order valence-electron chi connectivity index (χ1n) is 7.73. The van der Waals surface area contributed by atoms with Crippen molar-refractivity contribution in [2.45, 2.75) is 26.3 Å². The van der Waals surface area contributed by atoms with Crippen LogP contribution >= 0.6 is 11.6 Å². The largest absolute Gasteiger partial charge is 0.465 e. The zero-order valence-electron chi connectivity index (χ0n) is 13.9. The Bertz CT molecular complexity index is 848. The molecule has 0 saturated carbocycles. The molecule has 2 aromatic rings. The van der Waals surface area contributed by atoms with Gasteiger partial charge in [-0.3, -0.25) is 9.59 Å². The Morgan fingerprint density at radius 1 is 1.28 bits per heavy atom. The SMILES string of the molecule is CCCCn1nc(C(=O)Nc2ccc(Cl)c(C(=O)OC)c2)ccc1=O. The van der Waals surface area contributed by atoms with Crippen molar-refractivity contribution in [3.63, 3.8) is 0 Å². The molecule has 0 aliphatic heterocycles. The van der Waals surface area contributed by atoms with E-state index in [1.54, 1.807) is 6.07 Å². The molecular formula is C17H18ClN3O4. The molecule has 0 spiro atoms. The molecule has 0 aliphatic carbocycles. The van der Waals surface area contributed by atoms with Crippen LogP contribution in [0.5, 0.6) is 0 Å². The smallest absolute Gasteiger partial charge is 0.339 e. The number of rotatable bonds is 6. The number of aryl methyl sites for hydroxylation is 1. The van der Waals surface area contributed by atoms with Crippen molar-refractivity contribution in [3.8, 4) is 0 Å². The van der Waals surface area contributed by atoms with E-state index in [1.165, 1.54) is 36.1 Å². The number of nitrogens with one attached hydrogen (secondary N) is 1. The molecule has 25 heavy (non-hydrogen) atoms. The summed E-state index contributed by atoms with van der Waals surface area (Å²) in [5, 5.41) is 6.91. The molecule has 8 heteroatoms. The average Bonchev–Trinajstić information content (AvgIpc) is 2.61. The van der Waals surface area contributed by atoms with Gasteiger partial charge in [-0.1, -0.05) is 24.9 Å². The summed E-state index contributed by atoms with van der Waals surface area (Å²) in [7, 11) is 1.24. The van der Waals surface area contributed by atoms with Gasteiger partial charge in [0.05, 0.1) is 17.7 Å². The predicted octanol–water partition coefficient (Wildman–Crippen LogP) is 2.74. The van der Waals surface area contributed by atoms with Gasteiger partial charge in [0.1, 0.15) is 5.69 Å². The van der Waals surface area contributed by atoms with Crippen LogP contribution in [-0.4, -0.2) is 28.8 Å². The van der Waals surface area contributed by atoms with Gasteiger partial charge in [0.25, 0.3) is 11.5 Å². The molecule has 0 bridgehead atoms. The highest BCUT2D eigenvalue weighted by atomic mass is 35.5. The van der Waals surface area contributed by atoms with Crippen molar-refractivity contribution in [2.75, 3.05) is 12.4 Å². The summed E-state index contributed by atoms with van der Waals surface area (Å²) >= 11 is 5.95. The topological polar surface area (TPSA) is 90.3 Å². The molecule has 0 saturated heterocycles. The number of methoxy groups -OCH3 is 1. The fourth-order valence-electron chi connectivity index (χ4n) is 2.10. The van der Waals surface area contributed by atoms with Crippen LogP contribution in [0.3, 0.4) is 0 Å². The highest BCUT2D eigenvalue weighted by Crippen LogP contribution is 2.21. The van der Waals surface area contributed by atoms with Crippen molar-refractivity contribution in [2.24, 2.45) is 0 Å². The molecule has 0 fully saturated rings. The second-order valence-electron chi connectivity index (χ2n) is 5.27. The summed E-state index contributed by atoms with van der Waals surface area (Å²) in [5.74, 6) is -1.10. The highest BCUT2D eigenvalue weighted by Gasteiger charge is 2.14. The van der Waals surface area contributed by atoms with Crippen molar-refractivity contribution in [3.05, 3.63) is 57.0 Å². The first-order valence-corrected chi connectivity index (χ1v) is 8.11. The van der Waals surface area contributed by atoms with E-state index in [0.717, 1.165) is 12.8 Å². The van der Waals surface area contributed by atoms with Crippen LogP contribution in [0.2, 0.25) is 5.02 Å². The van der Waals surface area contributed by atoms with Gasteiger partial charge < -0.3 is 10.1 Å². The fraction of sp³-hybridized carbons (Fsp3) is 0.294. The first kappa shape index (κ1) is 18.7. The van der Waals surface area contributed by atoms with Crippen molar-refractivity contribution >= 4 is 29.2 Å². The zero-order valence-corrected chi connectivity index (χ0v) is 14.7. The number of aromatic nitrogens is 2. The number of anilines is 1. The number of esters is 1. The minimum absolute atomic E-state index is 0.102. The number of amides is 1. The summed E-state index contributed by atoms with van der Waals surface area (Å²) in [4.78, 5) is 35.8. The molecule has 1 N–H and O–H groups in total. The maximum Gasteiger partial charge on any atom is 0.339 e. The number of halogens is 1. The Labute approximate surface area is 149 Å². The normalized spacial score (nSPS) is 10.4. The molecule has 0 radical (unpaired) electrons. The van der Waals surface area contributed by atoms with E-state index in [4.69, 9.17) is 11.6 Å². The summed E-state index contributed by atoms with van der Waals surface area (Å²) in [6.45, 7) is 2.45. The Morgan fingerprint density at radius 3 is 2.72 bits per heavy atom. The molecule has 1 aromatic heterocycles. The summed E-state index contributed by atoms with van der Waals surface area (Å²) in [6, 6.07) is 7.12. The lowest BCUT2D eigenvalue weighted by molar-refractivity contribution is 0.0600. The van der Waals surface area contributed by atoms with Gasteiger partial charge in [0.15, 0.2) is 0 Å². The second kappa shape index (κ2) is 8.43. The van der Waals surface area contributed by atoms with Gasteiger partial charge >= 0.3 is 5.97 Å². The first-order chi connectivity index (χ1) is 12.0. The van der Waals surface area contributed by atoms with Gasteiger partial charge in [-0.05, 0) is 30.7 Å². The quantitative estimate of drug-likeness (QED) is 0.797. The van der Waals surface area contributed by atoms with E-state index in [9.17, 15) is 14.4 Å². The standard InChI is InChI=1S/C17H18ClN3O4/c1-3-4-9-21-15(22)8-7-14(20-21)16(23)19-11-5-6-13(18)12(10-11)17(24)25-2/h5-8,10H,3-4,9H2,1-2H3,(H,19,23). The number of hydrogen-bond donors (Lipinski definition) is 1. The van der Waals surface area contributed by atoms with Gasteiger partial charge in [0, 0.05) is 18.3 Å². The lowest BCUT2D eigenvalue weighted by Gasteiger charge is -2.09. The Morgan fingerprint density at radius 2 is 2.04 bits per heavy atom.